The van der Waals surface area contributed by atoms with E-state index >= 15 is 0 Å². The van der Waals surface area contributed by atoms with Crippen LogP contribution in [0.1, 0.15) is 6.92 Å². The molecule has 3 aromatic rings. The third kappa shape index (κ3) is 4.08. The predicted octanol–water partition coefficient (Wildman–Crippen LogP) is 2.55. The third-order valence-electron chi connectivity index (χ3n) is 4.13. The molecule has 0 atom stereocenters. The fourth-order valence-corrected chi connectivity index (χ4v) is 2.73. The highest BCUT2D eigenvalue weighted by atomic mass is 19.1. The summed E-state index contributed by atoms with van der Waals surface area (Å²) in [5, 5.41) is 12.2. The van der Waals surface area contributed by atoms with Gasteiger partial charge in [-0.1, -0.05) is 0 Å². The molecule has 1 aromatic heterocycles. The zero-order valence-corrected chi connectivity index (χ0v) is 15.8. The van der Waals surface area contributed by atoms with Gasteiger partial charge in [-0.15, -0.1) is 10.2 Å². The van der Waals surface area contributed by atoms with Gasteiger partial charge >= 0.3 is 0 Å². The van der Waals surface area contributed by atoms with E-state index in [1.807, 2.05) is 6.92 Å². The van der Waals surface area contributed by atoms with Crippen molar-refractivity contribution in [2.75, 3.05) is 25.7 Å². The second-order valence-corrected chi connectivity index (χ2v) is 5.83. The molecule has 0 bridgehead atoms. The third-order valence-corrected chi connectivity index (χ3v) is 4.13. The van der Waals surface area contributed by atoms with Crippen molar-refractivity contribution in [2.24, 2.45) is 0 Å². The van der Waals surface area contributed by atoms with E-state index in [0.29, 0.717) is 35.1 Å². The number of anilines is 1. The Bertz CT molecular complexity index is 958. The minimum atomic E-state index is -0.357. The van der Waals surface area contributed by atoms with Crippen LogP contribution in [0.25, 0.3) is 11.4 Å². The molecule has 146 valence electrons. The second-order valence-electron chi connectivity index (χ2n) is 5.83. The van der Waals surface area contributed by atoms with Gasteiger partial charge in [0.05, 0.1) is 14.2 Å². The Labute approximate surface area is 161 Å². The highest BCUT2D eigenvalue weighted by Crippen LogP contribution is 2.30. The minimum absolute atomic E-state index is 0.0918. The molecule has 9 heteroatoms. The van der Waals surface area contributed by atoms with Crippen molar-refractivity contribution >= 4 is 11.6 Å². The number of amides is 1. The molecule has 0 saturated carbocycles. The first kappa shape index (κ1) is 19.3. The Balaban J connectivity index is 1.76. The van der Waals surface area contributed by atoms with E-state index in [-0.39, 0.29) is 18.3 Å². The molecule has 28 heavy (non-hydrogen) atoms. The zero-order valence-electron chi connectivity index (χ0n) is 15.8. The molecule has 0 aliphatic carbocycles. The number of carbonyl (C=O) groups is 1. The van der Waals surface area contributed by atoms with Crippen molar-refractivity contribution in [3.05, 3.63) is 48.3 Å². The number of halogens is 1. The highest BCUT2D eigenvalue weighted by molar-refractivity contribution is 5.93. The van der Waals surface area contributed by atoms with E-state index in [1.54, 1.807) is 44.6 Å². The molecule has 0 N–H and O–H groups in total. The molecule has 1 amide bonds. The summed E-state index contributed by atoms with van der Waals surface area (Å²) in [6, 6.07) is 11.0. The summed E-state index contributed by atoms with van der Waals surface area (Å²) >= 11 is 0. The molecule has 1 heterocycles. The average molecular weight is 385 g/mol. The predicted molar refractivity (Wildman–Crippen MR) is 101 cm³/mol. The van der Waals surface area contributed by atoms with E-state index in [2.05, 4.69) is 15.4 Å². The molecule has 2 aromatic carbocycles. The number of likely N-dealkylation sites (N-methyl/N-ethyl adjacent to an activating group) is 1. The van der Waals surface area contributed by atoms with Crippen LogP contribution in [0.3, 0.4) is 0 Å². The van der Waals surface area contributed by atoms with Gasteiger partial charge in [-0.2, -0.15) is 4.80 Å². The summed E-state index contributed by atoms with van der Waals surface area (Å²) in [6.07, 6.45) is 0. The number of hydrogen-bond donors (Lipinski definition) is 0. The van der Waals surface area contributed by atoms with Crippen molar-refractivity contribution in [1.82, 2.24) is 20.2 Å². The molecule has 0 unspecified atom stereocenters. The van der Waals surface area contributed by atoms with Crippen molar-refractivity contribution in [3.63, 3.8) is 0 Å². The van der Waals surface area contributed by atoms with Crippen LogP contribution in [0.15, 0.2) is 42.5 Å². The van der Waals surface area contributed by atoms with Crippen LogP contribution in [0.2, 0.25) is 0 Å². The van der Waals surface area contributed by atoms with Gasteiger partial charge in [0.2, 0.25) is 5.82 Å². The largest absolute Gasteiger partial charge is 0.493 e. The van der Waals surface area contributed by atoms with Gasteiger partial charge in [-0.25, -0.2) is 4.39 Å². The molecule has 3 rings (SSSR count). The van der Waals surface area contributed by atoms with Crippen LogP contribution in [0, 0.1) is 5.82 Å². The Kier molecular flexibility index (Phi) is 5.83. The van der Waals surface area contributed by atoms with Crippen LogP contribution in [-0.2, 0) is 11.3 Å². The topological polar surface area (TPSA) is 82.4 Å². The van der Waals surface area contributed by atoms with Gasteiger partial charge in [0.25, 0.3) is 5.91 Å². The van der Waals surface area contributed by atoms with Crippen molar-refractivity contribution in [3.8, 4) is 22.9 Å². The number of nitrogens with zero attached hydrogens (tertiary/aromatic N) is 5. The van der Waals surface area contributed by atoms with Crippen LogP contribution in [0.5, 0.6) is 11.5 Å². The van der Waals surface area contributed by atoms with Gasteiger partial charge in [0.1, 0.15) is 12.4 Å². The number of rotatable bonds is 7. The summed E-state index contributed by atoms with van der Waals surface area (Å²) in [5.74, 6) is 0.904. The molecule has 0 aliphatic heterocycles. The van der Waals surface area contributed by atoms with Gasteiger partial charge in [0.15, 0.2) is 11.5 Å². The summed E-state index contributed by atoms with van der Waals surface area (Å²) < 4.78 is 23.6. The number of aromatic nitrogens is 4. The van der Waals surface area contributed by atoms with Crippen LogP contribution < -0.4 is 14.4 Å². The smallest absolute Gasteiger partial charge is 0.250 e. The number of ether oxygens (including phenoxy) is 2. The lowest BCUT2D eigenvalue weighted by Crippen LogP contribution is -2.34. The van der Waals surface area contributed by atoms with Crippen LogP contribution in [0.4, 0.5) is 10.1 Å². The SMILES string of the molecule is CCN(C(=O)Cn1nnc(-c2ccc(OC)c(OC)c2)n1)c1ccc(F)cc1. The van der Waals surface area contributed by atoms with Gasteiger partial charge < -0.3 is 14.4 Å². The van der Waals surface area contributed by atoms with E-state index < -0.39 is 0 Å². The van der Waals surface area contributed by atoms with Gasteiger partial charge in [-0.3, -0.25) is 4.79 Å². The zero-order chi connectivity index (χ0) is 20.1. The number of methoxy groups -OCH3 is 2. The lowest BCUT2D eigenvalue weighted by Gasteiger charge is -2.20. The Morgan fingerprint density at radius 3 is 2.46 bits per heavy atom. The summed E-state index contributed by atoms with van der Waals surface area (Å²) in [6.45, 7) is 2.18. The van der Waals surface area contributed by atoms with Crippen LogP contribution >= 0.6 is 0 Å². The molecule has 8 nitrogen and oxygen atoms in total. The number of tetrazole rings is 1. The van der Waals surface area contributed by atoms with Crippen molar-refractivity contribution < 1.29 is 18.7 Å². The minimum Gasteiger partial charge on any atom is -0.493 e. The molecule has 0 saturated heterocycles. The summed E-state index contributed by atoms with van der Waals surface area (Å²) in [7, 11) is 3.09. The number of benzene rings is 2. The Hall–Kier alpha value is -3.49. The lowest BCUT2D eigenvalue weighted by molar-refractivity contribution is -0.119. The molecule has 0 radical (unpaired) electrons. The first-order chi connectivity index (χ1) is 13.5. The Morgan fingerprint density at radius 2 is 1.82 bits per heavy atom. The Morgan fingerprint density at radius 1 is 1.11 bits per heavy atom. The van der Waals surface area contributed by atoms with Crippen LogP contribution in [-0.4, -0.2) is 46.9 Å². The molecule has 0 spiro atoms. The maximum Gasteiger partial charge on any atom is 0.250 e. The quantitative estimate of drug-likeness (QED) is 0.622. The highest BCUT2D eigenvalue weighted by Gasteiger charge is 2.17. The first-order valence-corrected chi connectivity index (χ1v) is 8.61. The van der Waals surface area contributed by atoms with Crippen molar-refractivity contribution in [1.29, 1.82) is 0 Å². The normalized spacial score (nSPS) is 10.6. The maximum atomic E-state index is 13.1. The first-order valence-electron chi connectivity index (χ1n) is 8.61. The second kappa shape index (κ2) is 8.47. The number of carbonyl (C=O) groups excluding carboxylic acids is 1. The van der Waals surface area contributed by atoms with E-state index in [0.717, 1.165) is 0 Å². The van der Waals surface area contributed by atoms with E-state index in [4.69, 9.17) is 9.47 Å². The molecule has 0 fully saturated rings. The average Bonchev–Trinajstić information content (AvgIpc) is 3.17. The van der Waals surface area contributed by atoms with Gasteiger partial charge in [-0.05, 0) is 54.6 Å². The molecular formula is C19H20FN5O3. The van der Waals surface area contributed by atoms with Gasteiger partial charge in [0, 0.05) is 17.8 Å². The monoisotopic (exact) mass is 385 g/mol. The van der Waals surface area contributed by atoms with E-state index in [1.165, 1.54) is 21.8 Å². The number of hydrogen-bond acceptors (Lipinski definition) is 6. The summed E-state index contributed by atoms with van der Waals surface area (Å²) in [5.41, 5.74) is 1.29. The van der Waals surface area contributed by atoms with E-state index in [9.17, 15) is 9.18 Å². The summed E-state index contributed by atoms with van der Waals surface area (Å²) in [4.78, 5) is 15.4. The molecule has 0 aliphatic rings. The fraction of sp³-hybridized carbons (Fsp3) is 0.263. The molecular weight excluding hydrogens is 365 g/mol. The van der Waals surface area contributed by atoms with Crippen molar-refractivity contribution in [2.45, 2.75) is 13.5 Å². The lowest BCUT2D eigenvalue weighted by atomic mass is 10.2. The fourth-order valence-electron chi connectivity index (χ4n) is 2.73. The maximum absolute atomic E-state index is 13.1. The standard InChI is InChI=1S/C19H20FN5O3/c1-4-24(15-8-6-14(20)7-9-15)18(26)12-25-22-19(21-23-25)13-5-10-16(27-2)17(11-13)28-3/h5-11H,4,12H2,1-3H3.